The fourth-order valence-electron chi connectivity index (χ4n) is 11.4. The number of fused-ring (bicyclic) bond motifs is 6. The average molecular weight is 634 g/mol. The van der Waals surface area contributed by atoms with E-state index in [1.165, 1.54) is 5.57 Å². The summed E-state index contributed by atoms with van der Waals surface area (Å²) in [6.45, 7) is 16.5. The minimum Gasteiger partial charge on any atom is -0.385 e. The van der Waals surface area contributed by atoms with Crippen molar-refractivity contribution in [2.24, 2.45) is 63.9 Å². The van der Waals surface area contributed by atoms with Gasteiger partial charge in [-0.05, 0) is 117 Å². The van der Waals surface area contributed by atoms with E-state index in [9.17, 15) is 15.2 Å². The zero-order chi connectivity index (χ0) is 33.2. The van der Waals surface area contributed by atoms with E-state index >= 15 is 0 Å². The first-order chi connectivity index (χ1) is 22.1. The lowest BCUT2D eigenvalue weighted by molar-refractivity contribution is -0.124. The Morgan fingerprint density at radius 2 is 1.89 bits per heavy atom. The predicted molar refractivity (Wildman–Crippen MR) is 182 cm³/mol. The molecular formula is C39H59N3O4. The molecule has 0 radical (unpaired) electrons. The van der Waals surface area contributed by atoms with Gasteiger partial charge >= 0.3 is 0 Å². The van der Waals surface area contributed by atoms with Crippen molar-refractivity contribution < 1.29 is 19.5 Å². The lowest BCUT2D eigenvalue weighted by Crippen LogP contribution is -2.54. The molecule has 5 fully saturated rings. The summed E-state index contributed by atoms with van der Waals surface area (Å²) < 4.78 is 6.05. The first-order valence-corrected chi connectivity index (χ1v) is 18.2. The Balaban J connectivity index is 0.00000204. The van der Waals surface area contributed by atoms with Crippen molar-refractivity contribution in [3.63, 3.8) is 0 Å². The van der Waals surface area contributed by atoms with Crippen LogP contribution in [0.3, 0.4) is 0 Å². The molecule has 5 N–H and O–H groups in total. The van der Waals surface area contributed by atoms with Crippen LogP contribution in [-0.2, 0) is 14.4 Å². The summed E-state index contributed by atoms with van der Waals surface area (Å²) in [6.07, 6.45) is 15.8. The fourth-order valence-corrected chi connectivity index (χ4v) is 11.4. The number of nitriles is 1. The molecular weight excluding hydrogens is 574 g/mol. The molecule has 0 aromatic carbocycles. The number of Topliss-reactive ketones (excluding diaryl/α,β-unsaturated/α-hetero) is 1. The zero-order valence-electron chi connectivity index (χ0n) is 28.6. The molecule has 0 aromatic heterocycles. The van der Waals surface area contributed by atoms with Gasteiger partial charge in [0.05, 0.1) is 30.3 Å². The third-order valence-corrected chi connectivity index (χ3v) is 13.1. The van der Waals surface area contributed by atoms with Gasteiger partial charge in [-0.1, -0.05) is 63.3 Å². The number of rotatable bonds is 11. The molecule has 1 aliphatic heterocycles. The summed E-state index contributed by atoms with van der Waals surface area (Å²) >= 11 is 0. The molecule has 1 saturated heterocycles. The number of aliphatic hydroxyl groups is 1. The first kappa shape index (κ1) is 35.2. The van der Waals surface area contributed by atoms with Crippen molar-refractivity contribution in [3.05, 3.63) is 48.1 Å². The zero-order valence-corrected chi connectivity index (χ0v) is 28.6. The Kier molecular flexibility index (Phi) is 11.2. The molecule has 254 valence electrons. The Hall–Kier alpha value is -2.08. The quantitative estimate of drug-likeness (QED) is 0.170. The van der Waals surface area contributed by atoms with E-state index in [1.807, 2.05) is 26.0 Å². The highest BCUT2D eigenvalue weighted by atomic mass is 16.6. The number of allylic oxidation sites excluding steroid dienone is 3. The summed E-state index contributed by atoms with van der Waals surface area (Å²) in [4.78, 5) is 19.0. The third-order valence-electron chi connectivity index (χ3n) is 13.1. The SMILES string of the molecule is C=C(CCC(=O)CC1CC2(C)C(C(=C)CCN)CCC2C2CCC3=CC(O)C=CC3(C#N)C12)C[C@H]1CCC2C(ON)CO[C@@H]21.CC. The molecule has 46 heavy (non-hydrogen) atoms. The van der Waals surface area contributed by atoms with Gasteiger partial charge in [0.2, 0.25) is 0 Å². The van der Waals surface area contributed by atoms with Crippen molar-refractivity contribution in [2.45, 2.75) is 116 Å². The second-order valence-electron chi connectivity index (χ2n) is 15.3. The van der Waals surface area contributed by atoms with E-state index < -0.39 is 11.5 Å². The van der Waals surface area contributed by atoms with Gasteiger partial charge in [0.25, 0.3) is 0 Å². The maximum absolute atomic E-state index is 13.8. The first-order valence-electron chi connectivity index (χ1n) is 18.2. The molecule has 1 heterocycles. The fraction of sp³-hybridized carbons (Fsp3) is 0.744. The highest BCUT2D eigenvalue weighted by Crippen LogP contribution is 2.69. The van der Waals surface area contributed by atoms with Crippen LogP contribution in [0.15, 0.2) is 48.1 Å². The lowest BCUT2D eigenvalue weighted by atomic mass is 9.44. The number of ether oxygens (including phenoxy) is 1. The largest absolute Gasteiger partial charge is 0.385 e. The highest BCUT2D eigenvalue weighted by Gasteiger charge is 2.63. The van der Waals surface area contributed by atoms with Gasteiger partial charge in [0.15, 0.2) is 0 Å². The lowest BCUT2D eigenvalue weighted by Gasteiger charge is -2.59. The number of hydrogen-bond donors (Lipinski definition) is 3. The van der Waals surface area contributed by atoms with Gasteiger partial charge in [0.1, 0.15) is 11.9 Å². The number of ketones is 1. The van der Waals surface area contributed by atoms with E-state index in [2.05, 4.69) is 26.2 Å². The molecule has 6 aliphatic rings. The Morgan fingerprint density at radius 1 is 1.11 bits per heavy atom. The molecule has 10 unspecified atom stereocenters. The second kappa shape index (κ2) is 14.6. The summed E-state index contributed by atoms with van der Waals surface area (Å²) in [6, 6.07) is 2.75. The van der Waals surface area contributed by atoms with Crippen molar-refractivity contribution in [1.82, 2.24) is 0 Å². The van der Waals surface area contributed by atoms with Crippen LogP contribution in [0.25, 0.3) is 0 Å². The number of nitrogens with two attached hydrogens (primary N) is 2. The van der Waals surface area contributed by atoms with Crippen molar-refractivity contribution in [1.29, 1.82) is 5.26 Å². The second-order valence-corrected chi connectivity index (χ2v) is 15.3. The summed E-state index contributed by atoms with van der Waals surface area (Å²) in [5, 5.41) is 21.2. The van der Waals surface area contributed by atoms with Crippen LogP contribution in [0, 0.1) is 63.6 Å². The van der Waals surface area contributed by atoms with E-state index in [4.69, 9.17) is 21.2 Å². The standard InChI is InChI=1S/C37H53N3O4.C2H6/c1-22(16-24-5-8-30-33(44-40)20-43-35(24)30)4-7-27(41)17-25-19-36(3)31(23(2)13-15-38)10-11-32(36)29-9-6-26-18-28(42)12-14-37(26,21-39)34(25)29;1-2/h12,14,18,24-25,28-35,42H,1-2,4-11,13,15-17,19-20,38,40H2,3H3;1-2H3/t24-,25?,28?,29?,30?,31?,32?,33?,34?,35-,36?,37?;/m1./s1. The Morgan fingerprint density at radius 3 is 2.61 bits per heavy atom. The number of aliphatic hydroxyl groups excluding tert-OH is 1. The van der Waals surface area contributed by atoms with Crippen LogP contribution in [0.4, 0.5) is 0 Å². The summed E-state index contributed by atoms with van der Waals surface area (Å²) in [5.74, 6) is 8.00. The monoisotopic (exact) mass is 633 g/mol. The smallest absolute Gasteiger partial charge is 0.133 e. The number of nitrogens with zero attached hydrogens (tertiary/aromatic N) is 1. The number of hydrogen-bond acceptors (Lipinski definition) is 7. The van der Waals surface area contributed by atoms with E-state index in [0.717, 1.165) is 68.9 Å². The Labute approximate surface area is 277 Å². The topological polar surface area (TPSA) is 132 Å². The maximum Gasteiger partial charge on any atom is 0.133 e. The molecule has 7 heteroatoms. The molecule has 0 amide bonds. The average Bonchev–Trinajstić information content (AvgIpc) is 3.74. The molecule has 0 bridgehead atoms. The number of carbonyl (C=O) groups excluding carboxylic acids is 1. The highest BCUT2D eigenvalue weighted by molar-refractivity contribution is 5.79. The van der Waals surface area contributed by atoms with E-state index in [1.54, 1.807) is 6.08 Å². The van der Waals surface area contributed by atoms with E-state index in [0.29, 0.717) is 62.0 Å². The van der Waals surface area contributed by atoms with Gasteiger partial charge < -0.3 is 15.6 Å². The molecule has 6 rings (SSSR count). The molecule has 0 aromatic rings. The minimum absolute atomic E-state index is 0.0123. The summed E-state index contributed by atoms with van der Waals surface area (Å²) in [5.41, 5.74) is 8.72. The van der Waals surface area contributed by atoms with Crippen molar-refractivity contribution >= 4 is 5.78 Å². The third kappa shape index (κ3) is 6.26. The maximum atomic E-state index is 13.8. The van der Waals surface area contributed by atoms with E-state index in [-0.39, 0.29) is 35.2 Å². The van der Waals surface area contributed by atoms with Crippen molar-refractivity contribution in [2.75, 3.05) is 13.2 Å². The number of carbonyl (C=O) groups is 1. The van der Waals surface area contributed by atoms with Crippen LogP contribution >= 0.6 is 0 Å². The molecule has 12 atom stereocenters. The van der Waals surface area contributed by atoms with Gasteiger partial charge in [-0.15, -0.1) is 0 Å². The van der Waals surface area contributed by atoms with Gasteiger partial charge in [-0.3, -0.25) is 9.63 Å². The van der Waals surface area contributed by atoms with Crippen molar-refractivity contribution in [3.8, 4) is 6.07 Å². The van der Waals surface area contributed by atoms with Crippen LogP contribution in [0.2, 0.25) is 0 Å². The van der Waals surface area contributed by atoms with Gasteiger partial charge in [0, 0.05) is 18.8 Å². The van der Waals surface area contributed by atoms with Crippen LogP contribution < -0.4 is 11.6 Å². The summed E-state index contributed by atoms with van der Waals surface area (Å²) in [7, 11) is 0. The predicted octanol–water partition coefficient (Wildman–Crippen LogP) is 6.73. The molecule has 7 nitrogen and oxygen atoms in total. The van der Waals surface area contributed by atoms with Crippen LogP contribution in [-0.4, -0.2) is 42.4 Å². The molecule has 5 aliphatic carbocycles. The molecule has 4 saturated carbocycles. The van der Waals surface area contributed by atoms with Crippen LogP contribution in [0.5, 0.6) is 0 Å². The Bertz CT molecular complexity index is 1250. The normalized spacial score (nSPS) is 42.0. The van der Waals surface area contributed by atoms with Gasteiger partial charge in [-0.2, -0.15) is 5.26 Å². The molecule has 0 spiro atoms. The minimum atomic E-state index is -0.740. The van der Waals surface area contributed by atoms with Gasteiger partial charge in [-0.25, -0.2) is 5.90 Å². The van der Waals surface area contributed by atoms with Crippen LogP contribution in [0.1, 0.15) is 97.8 Å².